The number of amides is 3. The molecule has 1 aromatic rings. The highest BCUT2D eigenvalue weighted by atomic mass is 19.1. The van der Waals surface area contributed by atoms with Crippen molar-refractivity contribution in [2.75, 3.05) is 44.2 Å². The number of rotatable bonds is 3. The highest BCUT2D eigenvalue weighted by Gasteiger charge is 2.58. The molecule has 2 heterocycles. The summed E-state index contributed by atoms with van der Waals surface area (Å²) in [6.07, 6.45) is 6.33. The van der Waals surface area contributed by atoms with E-state index in [2.05, 4.69) is 10.2 Å². The van der Waals surface area contributed by atoms with Crippen LogP contribution in [-0.4, -0.2) is 78.3 Å². The van der Waals surface area contributed by atoms with E-state index in [4.69, 9.17) is 0 Å². The van der Waals surface area contributed by atoms with Crippen LogP contribution in [0, 0.1) is 29.0 Å². The monoisotopic (exact) mass is 484 g/mol. The van der Waals surface area contributed by atoms with E-state index in [-0.39, 0.29) is 47.2 Å². The van der Waals surface area contributed by atoms with Crippen LogP contribution in [0.15, 0.2) is 24.3 Å². The number of aliphatic hydroxyl groups excluding tert-OH is 1. The van der Waals surface area contributed by atoms with Crippen molar-refractivity contribution >= 4 is 17.6 Å². The van der Waals surface area contributed by atoms with Crippen molar-refractivity contribution in [1.29, 1.82) is 0 Å². The predicted octanol–water partition coefficient (Wildman–Crippen LogP) is 2.84. The van der Waals surface area contributed by atoms with Gasteiger partial charge in [-0.1, -0.05) is 0 Å². The Bertz CT molecular complexity index is 948. The number of aliphatic hydroxyl groups is 1. The van der Waals surface area contributed by atoms with Gasteiger partial charge in [0.2, 0.25) is 5.91 Å². The number of hydrogen-bond acceptors (Lipinski definition) is 4. The average Bonchev–Trinajstić information content (AvgIpc) is 2.87. The molecule has 1 aromatic carbocycles. The van der Waals surface area contributed by atoms with Gasteiger partial charge in [-0.25, -0.2) is 9.18 Å². The number of hydrogen-bond donors (Lipinski definition) is 2. The Hall–Kier alpha value is -2.35. The zero-order valence-electron chi connectivity index (χ0n) is 20.4. The van der Waals surface area contributed by atoms with E-state index in [1.165, 1.54) is 12.1 Å². The van der Waals surface area contributed by atoms with Crippen molar-refractivity contribution in [2.45, 2.75) is 57.1 Å². The van der Waals surface area contributed by atoms with Gasteiger partial charge in [-0.3, -0.25) is 4.79 Å². The van der Waals surface area contributed by atoms with Crippen LogP contribution >= 0.6 is 0 Å². The molecule has 7 nitrogen and oxygen atoms in total. The molecule has 4 saturated carbocycles. The van der Waals surface area contributed by atoms with Crippen LogP contribution in [0.4, 0.5) is 14.9 Å². The van der Waals surface area contributed by atoms with Crippen LogP contribution in [-0.2, 0) is 4.79 Å². The normalized spacial score (nSPS) is 36.4. The fraction of sp³-hybridized carbons (Fsp3) is 0.704. The third-order valence-corrected chi connectivity index (χ3v) is 9.47. The van der Waals surface area contributed by atoms with Gasteiger partial charge in [-0.05, 0) is 87.0 Å². The number of nitrogens with zero attached hydrogens (tertiary/aromatic N) is 3. The maximum absolute atomic E-state index is 13.5. The van der Waals surface area contributed by atoms with Gasteiger partial charge in [-0.2, -0.15) is 0 Å². The Labute approximate surface area is 206 Å². The number of piperidine rings is 1. The third kappa shape index (κ3) is 4.28. The fourth-order valence-corrected chi connectivity index (χ4v) is 7.89. The molecule has 190 valence electrons. The van der Waals surface area contributed by atoms with Crippen LogP contribution in [0.25, 0.3) is 0 Å². The number of piperazine rings is 1. The number of nitrogens with one attached hydrogen (secondary N) is 1. The van der Waals surface area contributed by atoms with Crippen molar-refractivity contribution in [3.05, 3.63) is 30.1 Å². The standard InChI is InChI=1S/C27H37FN4O3/c28-21-3-5-23(6-4-21)30-8-10-31(11-9-30)26(35)32-7-1-2-22(17-32)29-25(34)27-14-18-12-19(15-27)24(33)20(13-18)16-27/h3-6,18-20,22,24,33H,1-2,7-17H2,(H,29,34). The van der Waals surface area contributed by atoms with E-state index in [9.17, 15) is 19.1 Å². The Morgan fingerprint density at radius 3 is 2.31 bits per heavy atom. The van der Waals surface area contributed by atoms with Crippen LogP contribution in [0.2, 0.25) is 0 Å². The van der Waals surface area contributed by atoms with Crippen molar-refractivity contribution in [3.8, 4) is 0 Å². The van der Waals surface area contributed by atoms with Crippen molar-refractivity contribution in [2.24, 2.45) is 23.2 Å². The minimum absolute atomic E-state index is 0.00127. The summed E-state index contributed by atoms with van der Waals surface area (Å²) in [6, 6.07) is 6.57. The quantitative estimate of drug-likeness (QED) is 0.692. The number of anilines is 1. The minimum Gasteiger partial charge on any atom is -0.393 e. The number of benzene rings is 1. The van der Waals surface area contributed by atoms with Crippen LogP contribution in [0.5, 0.6) is 0 Å². The fourth-order valence-electron chi connectivity index (χ4n) is 7.89. The minimum atomic E-state index is -0.307. The van der Waals surface area contributed by atoms with Gasteiger partial charge in [-0.15, -0.1) is 0 Å². The molecule has 0 aromatic heterocycles. The van der Waals surface area contributed by atoms with Gasteiger partial charge >= 0.3 is 6.03 Å². The number of carbonyl (C=O) groups excluding carboxylic acids is 2. The first-order valence-corrected chi connectivity index (χ1v) is 13.4. The molecule has 4 aliphatic carbocycles. The summed E-state index contributed by atoms with van der Waals surface area (Å²) < 4.78 is 13.2. The van der Waals surface area contributed by atoms with Crippen molar-refractivity contribution < 1.29 is 19.1 Å². The Balaban J connectivity index is 1.03. The lowest BCUT2D eigenvalue weighted by Crippen LogP contribution is -2.61. The second-order valence-corrected chi connectivity index (χ2v) is 11.7. The highest BCUT2D eigenvalue weighted by Crippen LogP contribution is 2.60. The van der Waals surface area contributed by atoms with Gasteiger partial charge in [0, 0.05) is 51.0 Å². The van der Waals surface area contributed by atoms with Crippen LogP contribution in [0.1, 0.15) is 44.9 Å². The SMILES string of the molecule is O=C(N1CCN(c2ccc(F)cc2)CC1)N1CCCC(NC(=O)C23CC4CC(C2)C(O)C(C4)C3)C1. The number of carbonyl (C=O) groups is 2. The molecule has 2 saturated heterocycles. The van der Waals surface area contributed by atoms with Gasteiger partial charge in [0.05, 0.1) is 11.5 Å². The van der Waals surface area contributed by atoms with Crippen molar-refractivity contribution in [1.82, 2.24) is 15.1 Å². The lowest BCUT2D eigenvalue weighted by atomic mass is 9.48. The largest absolute Gasteiger partial charge is 0.393 e. The highest BCUT2D eigenvalue weighted by molar-refractivity contribution is 5.83. The first-order valence-electron chi connectivity index (χ1n) is 13.4. The molecule has 2 aliphatic heterocycles. The number of urea groups is 1. The van der Waals surface area contributed by atoms with Gasteiger partial charge < -0.3 is 25.1 Å². The smallest absolute Gasteiger partial charge is 0.320 e. The second-order valence-electron chi connectivity index (χ2n) is 11.7. The molecule has 2 N–H and O–H groups in total. The van der Waals surface area contributed by atoms with Crippen molar-refractivity contribution in [3.63, 3.8) is 0 Å². The van der Waals surface area contributed by atoms with Gasteiger partial charge in [0.15, 0.2) is 0 Å². The molecular weight excluding hydrogens is 447 g/mol. The van der Waals surface area contributed by atoms with E-state index in [0.29, 0.717) is 25.6 Å². The van der Waals surface area contributed by atoms with E-state index < -0.39 is 0 Å². The molecule has 8 heteroatoms. The Morgan fingerprint density at radius 1 is 0.943 bits per heavy atom. The van der Waals surface area contributed by atoms with E-state index in [0.717, 1.165) is 70.3 Å². The third-order valence-electron chi connectivity index (χ3n) is 9.47. The van der Waals surface area contributed by atoms with Crippen LogP contribution < -0.4 is 10.2 Å². The van der Waals surface area contributed by atoms with Gasteiger partial charge in [0.1, 0.15) is 5.82 Å². The summed E-state index contributed by atoms with van der Waals surface area (Å²) in [6.45, 7) is 4.02. The molecule has 3 amide bonds. The molecule has 0 radical (unpaired) electrons. The molecule has 0 spiro atoms. The second kappa shape index (κ2) is 8.95. The maximum Gasteiger partial charge on any atom is 0.320 e. The number of halogens is 1. The lowest BCUT2D eigenvalue weighted by Gasteiger charge is -2.58. The molecule has 3 unspecified atom stereocenters. The molecule has 35 heavy (non-hydrogen) atoms. The number of likely N-dealkylation sites (tertiary alicyclic amines) is 1. The Kier molecular flexibility index (Phi) is 5.90. The predicted molar refractivity (Wildman–Crippen MR) is 130 cm³/mol. The summed E-state index contributed by atoms with van der Waals surface area (Å²) in [5.41, 5.74) is 0.676. The molecule has 7 rings (SSSR count). The summed E-state index contributed by atoms with van der Waals surface area (Å²) in [7, 11) is 0. The van der Waals surface area contributed by atoms with E-state index in [1.807, 2.05) is 9.80 Å². The first kappa shape index (κ1) is 23.1. The maximum atomic E-state index is 13.5. The molecule has 4 bridgehead atoms. The first-order chi connectivity index (χ1) is 16.9. The van der Waals surface area contributed by atoms with Gasteiger partial charge in [0.25, 0.3) is 0 Å². The summed E-state index contributed by atoms with van der Waals surface area (Å²) in [4.78, 5) is 32.8. The summed E-state index contributed by atoms with van der Waals surface area (Å²) in [5, 5.41) is 13.9. The molecule has 6 aliphatic rings. The topological polar surface area (TPSA) is 76.1 Å². The average molecular weight is 485 g/mol. The van der Waals surface area contributed by atoms with E-state index >= 15 is 0 Å². The summed E-state index contributed by atoms with van der Waals surface area (Å²) >= 11 is 0. The van der Waals surface area contributed by atoms with E-state index in [1.54, 1.807) is 12.1 Å². The molecule has 6 fully saturated rings. The summed E-state index contributed by atoms with van der Waals surface area (Å²) in [5.74, 6) is 1.07. The zero-order chi connectivity index (χ0) is 24.2. The Morgan fingerprint density at radius 2 is 1.63 bits per heavy atom. The molecule has 3 atom stereocenters. The van der Waals surface area contributed by atoms with Crippen LogP contribution in [0.3, 0.4) is 0 Å². The zero-order valence-corrected chi connectivity index (χ0v) is 20.4. The molecular formula is C27H37FN4O3. The lowest BCUT2D eigenvalue weighted by molar-refractivity contribution is -0.163.